The molecule has 0 radical (unpaired) electrons. The van der Waals surface area contributed by atoms with E-state index in [2.05, 4.69) is 9.55 Å². The Balaban J connectivity index is 1.59. The van der Waals surface area contributed by atoms with E-state index >= 15 is 4.79 Å². The molecule has 0 unspecified atom stereocenters. The van der Waals surface area contributed by atoms with E-state index in [-0.39, 0.29) is 62.2 Å². The highest BCUT2D eigenvalue weighted by atomic mass is 16.6. The SMILES string of the molecule is CC(C)C[C@H]1C(=O)O[C@H](Cc2ccc(Cn3ccc4ccncc43)cc2)C(=O)N(C)[C@@H](CC(C)C)C(=O)O[C@H](C)C(=O)N(C)[C@@H](CC(C)C)C(=O)O[C@H](Cc2ccccc2)C(=O)N(C)[C@@H](CC(C)C)C(=O)O[C@H](C)C(=O)N1C. The van der Waals surface area contributed by atoms with Gasteiger partial charge < -0.3 is 43.1 Å². The van der Waals surface area contributed by atoms with Gasteiger partial charge in [0.2, 0.25) is 0 Å². The number of carbonyl (C=O) groups is 8. The molecule has 3 heterocycles. The smallest absolute Gasteiger partial charge is 0.329 e. The molecule has 0 spiro atoms. The maximum Gasteiger partial charge on any atom is 0.329 e. The summed E-state index contributed by atoms with van der Waals surface area (Å²) in [6, 6.07) is 15.2. The standard InChI is InChI=1S/C60H82N6O12/c1-36(2)28-46-57(71)75-41(10)54(68)63(12)49(31-39(7)8)60(74)78-52(33-43-20-22-44(23-21-43)35-66-27-25-45-24-26-61-34-50(45)66)56(70)65(14)47(29-37(3)4)58(72)76-40(9)53(67)62(11)48(30-38(5)6)59(73)77-51(55(69)64(46)13)32-42-18-16-15-17-19-42/h15-27,34,36-41,46-49,51-52H,28-33,35H2,1-14H3/t40-,41-,46+,47+,48+,49+,51-,52-/m1/s1. The van der Waals surface area contributed by atoms with Crippen LogP contribution in [0.25, 0.3) is 10.9 Å². The van der Waals surface area contributed by atoms with Crippen molar-refractivity contribution in [2.45, 2.75) is 163 Å². The predicted octanol–water partition coefficient (Wildman–Crippen LogP) is 7.06. The lowest BCUT2D eigenvalue weighted by Crippen LogP contribution is -2.55. The normalized spacial score (nSPS) is 23.6. The van der Waals surface area contributed by atoms with Crippen LogP contribution < -0.4 is 0 Å². The molecule has 78 heavy (non-hydrogen) atoms. The first-order valence-corrected chi connectivity index (χ1v) is 27.2. The van der Waals surface area contributed by atoms with E-state index in [1.54, 1.807) is 42.7 Å². The molecular weight excluding hydrogens is 997 g/mol. The lowest BCUT2D eigenvalue weighted by Gasteiger charge is -2.35. The minimum Gasteiger partial charge on any atom is -0.451 e. The lowest BCUT2D eigenvalue weighted by molar-refractivity contribution is -0.176. The topological polar surface area (TPSA) is 204 Å². The second kappa shape index (κ2) is 28.0. The van der Waals surface area contributed by atoms with Crippen LogP contribution in [0.4, 0.5) is 0 Å². The van der Waals surface area contributed by atoms with Gasteiger partial charge in [0.05, 0.1) is 11.7 Å². The molecule has 1 aliphatic rings. The Hall–Kier alpha value is -7.11. The summed E-state index contributed by atoms with van der Waals surface area (Å²) in [5, 5.41) is 1.04. The number of rotatable bonds is 14. The van der Waals surface area contributed by atoms with Crippen LogP contribution in [-0.4, -0.2) is 153 Å². The fraction of sp³-hybridized carbons (Fsp3) is 0.550. The van der Waals surface area contributed by atoms with Gasteiger partial charge in [-0.2, -0.15) is 0 Å². The molecule has 0 saturated carbocycles. The van der Waals surface area contributed by atoms with Gasteiger partial charge in [-0.1, -0.05) is 110 Å². The van der Waals surface area contributed by atoms with Crippen molar-refractivity contribution >= 4 is 58.4 Å². The molecule has 18 heteroatoms. The zero-order valence-electron chi connectivity index (χ0n) is 48.0. The zero-order chi connectivity index (χ0) is 57.7. The van der Waals surface area contributed by atoms with Gasteiger partial charge >= 0.3 is 23.9 Å². The Morgan fingerprint density at radius 3 is 1.21 bits per heavy atom. The van der Waals surface area contributed by atoms with Gasteiger partial charge in [0.15, 0.2) is 24.4 Å². The summed E-state index contributed by atoms with van der Waals surface area (Å²) in [6.07, 6.45) is -0.281. The fourth-order valence-corrected chi connectivity index (χ4v) is 9.67. The number of ether oxygens (including phenoxy) is 4. The summed E-state index contributed by atoms with van der Waals surface area (Å²) in [5.41, 5.74) is 3.18. The Morgan fingerprint density at radius 2 is 0.808 bits per heavy atom. The minimum absolute atomic E-state index is 0.0894. The van der Waals surface area contributed by atoms with Gasteiger partial charge in [0.1, 0.15) is 24.2 Å². The number of hydrogen-bond acceptors (Lipinski definition) is 13. The Morgan fingerprint density at radius 1 is 0.449 bits per heavy atom. The predicted molar refractivity (Wildman–Crippen MR) is 294 cm³/mol. The summed E-state index contributed by atoms with van der Waals surface area (Å²) < 4.78 is 26.2. The Kier molecular flexibility index (Phi) is 22.1. The van der Waals surface area contributed by atoms with E-state index in [0.29, 0.717) is 17.7 Å². The molecule has 8 atom stereocenters. The van der Waals surface area contributed by atoms with Crippen molar-refractivity contribution in [1.29, 1.82) is 0 Å². The summed E-state index contributed by atoms with van der Waals surface area (Å²) in [5.74, 6) is -7.29. The molecule has 2 aromatic carbocycles. The van der Waals surface area contributed by atoms with Crippen molar-refractivity contribution in [1.82, 2.24) is 29.2 Å². The van der Waals surface area contributed by atoms with Gasteiger partial charge in [0, 0.05) is 65.4 Å². The maximum atomic E-state index is 15.0. The van der Waals surface area contributed by atoms with Gasteiger partial charge in [-0.3, -0.25) is 24.2 Å². The number of hydrogen-bond donors (Lipinski definition) is 0. The highest BCUT2D eigenvalue weighted by Gasteiger charge is 2.43. The van der Waals surface area contributed by atoms with Crippen LogP contribution in [0.1, 0.15) is 112 Å². The monoisotopic (exact) mass is 1080 g/mol. The Labute approximate surface area is 460 Å². The summed E-state index contributed by atoms with van der Waals surface area (Å²) in [7, 11) is 5.58. The van der Waals surface area contributed by atoms with E-state index in [1.165, 1.54) is 46.9 Å². The molecule has 0 N–H and O–H groups in total. The van der Waals surface area contributed by atoms with Gasteiger partial charge in [-0.25, -0.2) is 19.2 Å². The second-order valence-corrected chi connectivity index (χ2v) is 22.5. The molecule has 18 nitrogen and oxygen atoms in total. The third-order valence-corrected chi connectivity index (χ3v) is 14.1. The van der Waals surface area contributed by atoms with E-state index in [9.17, 15) is 33.6 Å². The summed E-state index contributed by atoms with van der Waals surface area (Å²) >= 11 is 0. The van der Waals surface area contributed by atoms with Crippen LogP contribution in [0.5, 0.6) is 0 Å². The highest BCUT2D eigenvalue weighted by molar-refractivity contribution is 5.94. The maximum absolute atomic E-state index is 15.0. The molecule has 4 amide bonds. The molecule has 1 aliphatic heterocycles. The number of likely N-dealkylation sites (N-methyl/N-ethyl adjacent to an activating group) is 4. The van der Waals surface area contributed by atoms with Crippen LogP contribution in [-0.2, 0) is 76.7 Å². The van der Waals surface area contributed by atoms with Crippen molar-refractivity contribution in [3.05, 3.63) is 102 Å². The third-order valence-electron chi connectivity index (χ3n) is 14.1. The van der Waals surface area contributed by atoms with Crippen molar-refractivity contribution in [3.63, 3.8) is 0 Å². The third kappa shape index (κ3) is 16.5. The van der Waals surface area contributed by atoms with Gasteiger partial charge in [0.25, 0.3) is 23.6 Å². The van der Waals surface area contributed by atoms with Gasteiger partial charge in [-0.15, -0.1) is 0 Å². The van der Waals surface area contributed by atoms with E-state index in [4.69, 9.17) is 18.9 Å². The second-order valence-electron chi connectivity index (χ2n) is 22.5. The van der Waals surface area contributed by atoms with Crippen LogP contribution in [0.15, 0.2) is 85.3 Å². The molecule has 1 fully saturated rings. The van der Waals surface area contributed by atoms with Crippen LogP contribution in [0.3, 0.4) is 0 Å². The number of pyridine rings is 1. The minimum atomic E-state index is -1.53. The van der Waals surface area contributed by atoms with Crippen LogP contribution >= 0.6 is 0 Å². The van der Waals surface area contributed by atoms with Crippen molar-refractivity contribution in [3.8, 4) is 0 Å². The first-order valence-electron chi connectivity index (χ1n) is 27.2. The molecular formula is C60H82N6O12. The quantitative estimate of drug-likeness (QED) is 0.0918. The molecule has 0 bridgehead atoms. The number of benzene rings is 2. The highest BCUT2D eigenvalue weighted by Crippen LogP contribution is 2.25. The van der Waals surface area contributed by atoms with Crippen molar-refractivity contribution in [2.24, 2.45) is 23.7 Å². The average molecular weight is 1080 g/mol. The number of amides is 4. The number of carbonyl (C=O) groups excluding carboxylic acids is 8. The zero-order valence-corrected chi connectivity index (χ0v) is 48.0. The first kappa shape index (κ1) is 61.7. The van der Waals surface area contributed by atoms with E-state index < -0.39 is 96.1 Å². The van der Waals surface area contributed by atoms with Crippen LogP contribution in [0.2, 0.25) is 0 Å². The number of fused-ring (bicyclic) bond motifs is 1. The molecule has 424 valence electrons. The number of esters is 4. The van der Waals surface area contributed by atoms with Crippen molar-refractivity contribution in [2.75, 3.05) is 28.2 Å². The number of cyclic esters (lactones) is 4. The van der Waals surface area contributed by atoms with E-state index in [1.807, 2.05) is 98.0 Å². The summed E-state index contributed by atoms with van der Waals surface area (Å²) in [6.45, 7) is 18.1. The van der Waals surface area contributed by atoms with Crippen molar-refractivity contribution < 1.29 is 57.3 Å². The number of nitrogens with zero attached hydrogens (tertiary/aromatic N) is 6. The first-order chi connectivity index (χ1) is 36.8. The largest absolute Gasteiger partial charge is 0.451 e. The molecule has 2 aromatic heterocycles. The molecule has 5 rings (SSSR count). The lowest BCUT2D eigenvalue weighted by atomic mass is 9.99. The average Bonchev–Trinajstić information content (AvgIpc) is 3.80. The number of aromatic nitrogens is 2. The van der Waals surface area contributed by atoms with Crippen LogP contribution in [0, 0.1) is 23.7 Å². The molecule has 0 aliphatic carbocycles. The summed E-state index contributed by atoms with van der Waals surface area (Å²) in [4.78, 5) is 125. The molecule has 4 aromatic rings. The van der Waals surface area contributed by atoms with E-state index in [0.717, 1.165) is 31.2 Å². The fourth-order valence-electron chi connectivity index (χ4n) is 9.67. The molecule has 1 saturated heterocycles. The Bertz CT molecular complexity index is 2690. The van der Waals surface area contributed by atoms with Gasteiger partial charge in [-0.05, 0) is 92.0 Å².